The molecule has 0 aromatic carbocycles. The van der Waals surface area contributed by atoms with E-state index in [0.29, 0.717) is 19.3 Å². The lowest BCUT2D eigenvalue weighted by atomic mass is 9.90. The van der Waals surface area contributed by atoms with Gasteiger partial charge >= 0.3 is 11.9 Å². The lowest BCUT2D eigenvalue weighted by molar-refractivity contribution is -0.144. The van der Waals surface area contributed by atoms with E-state index < -0.39 is 5.97 Å². The highest BCUT2D eigenvalue weighted by molar-refractivity contribution is 5.95. The summed E-state index contributed by atoms with van der Waals surface area (Å²) in [6.45, 7) is 3.54. The molecule has 0 aromatic rings. The molecule has 0 fully saturated rings. The van der Waals surface area contributed by atoms with Crippen LogP contribution in [0.4, 0.5) is 0 Å². The van der Waals surface area contributed by atoms with Crippen LogP contribution in [0.15, 0.2) is 36.5 Å². The first-order chi connectivity index (χ1) is 12.9. The van der Waals surface area contributed by atoms with Crippen LogP contribution in [0.3, 0.4) is 0 Å². The number of ketones is 1. The van der Waals surface area contributed by atoms with Crippen molar-refractivity contribution in [2.75, 3.05) is 0 Å². The van der Waals surface area contributed by atoms with E-state index >= 15 is 0 Å². The van der Waals surface area contributed by atoms with E-state index in [9.17, 15) is 14.4 Å². The molecule has 0 aromatic heterocycles. The van der Waals surface area contributed by atoms with Crippen LogP contribution in [0, 0.1) is 11.8 Å². The number of rotatable bonds is 13. The van der Waals surface area contributed by atoms with Gasteiger partial charge in [-0.1, -0.05) is 44.1 Å². The summed E-state index contributed by atoms with van der Waals surface area (Å²) < 4.78 is 5.37. The van der Waals surface area contributed by atoms with Crippen LogP contribution < -0.4 is 0 Å². The van der Waals surface area contributed by atoms with Crippen LogP contribution in [0.5, 0.6) is 0 Å². The van der Waals surface area contributed by atoms with Gasteiger partial charge in [-0.3, -0.25) is 14.4 Å². The Bertz CT molecular complexity index is 573. The van der Waals surface area contributed by atoms with Crippen molar-refractivity contribution in [3.63, 3.8) is 0 Å². The molecular weight excluding hydrogens is 344 g/mol. The van der Waals surface area contributed by atoms with Crippen molar-refractivity contribution in [3.05, 3.63) is 36.5 Å². The topological polar surface area (TPSA) is 80.7 Å². The van der Waals surface area contributed by atoms with Crippen LogP contribution >= 0.6 is 0 Å². The number of carbonyl (C=O) groups is 3. The van der Waals surface area contributed by atoms with Crippen molar-refractivity contribution in [1.29, 1.82) is 0 Å². The minimum Gasteiger partial charge on any atom is -0.481 e. The fraction of sp³-hybridized carbons (Fsp3) is 0.591. The summed E-state index contributed by atoms with van der Waals surface area (Å²) in [5, 5.41) is 8.62. The molecule has 27 heavy (non-hydrogen) atoms. The molecule has 150 valence electrons. The monoisotopic (exact) mass is 376 g/mol. The molecule has 1 aliphatic rings. The summed E-state index contributed by atoms with van der Waals surface area (Å²) in [6.07, 6.45) is 17.2. The Labute approximate surface area is 162 Å². The van der Waals surface area contributed by atoms with Crippen LogP contribution in [0.2, 0.25) is 0 Å². The highest BCUT2D eigenvalue weighted by atomic mass is 16.5. The summed E-state index contributed by atoms with van der Waals surface area (Å²) in [4.78, 5) is 33.9. The van der Waals surface area contributed by atoms with Gasteiger partial charge in [-0.15, -0.1) is 0 Å². The van der Waals surface area contributed by atoms with Crippen LogP contribution in [-0.4, -0.2) is 28.9 Å². The molecule has 5 nitrogen and oxygen atoms in total. The normalized spacial score (nSPS) is 20.6. The molecule has 0 amide bonds. The second kappa shape index (κ2) is 13.1. The third-order valence-corrected chi connectivity index (χ3v) is 4.59. The minimum atomic E-state index is -0.787. The van der Waals surface area contributed by atoms with E-state index in [1.807, 2.05) is 30.4 Å². The number of carbonyl (C=O) groups excluding carboxylic acids is 2. The predicted octanol–water partition coefficient (Wildman–Crippen LogP) is 4.63. The summed E-state index contributed by atoms with van der Waals surface area (Å²) >= 11 is 0. The molecule has 3 atom stereocenters. The zero-order valence-electron chi connectivity index (χ0n) is 16.4. The van der Waals surface area contributed by atoms with Crippen LogP contribution in [-0.2, 0) is 19.1 Å². The maximum atomic E-state index is 12.1. The molecule has 0 saturated carbocycles. The lowest BCUT2D eigenvalue weighted by Crippen LogP contribution is -2.16. The molecule has 0 aliphatic heterocycles. The molecule has 0 heterocycles. The van der Waals surface area contributed by atoms with E-state index in [4.69, 9.17) is 9.84 Å². The van der Waals surface area contributed by atoms with Crippen LogP contribution in [0.25, 0.3) is 0 Å². The zero-order chi connectivity index (χ0) is 20.1. The minimum absolute atomic E-state index is 0.00500. The van der Waals surface area contributed by atoms with Crippen molar-refractivity contribution in [2.45, 2.75) is 71.3 Å². The third-order valence-electron chi connectivity index (χ3n) is 4.59. The van der Waals surface area contributed by atoms with Gasteiger partial charge in [0, 0.05) is 25.2 Å². The summed E-state index contributed by atoms with van der Waals surface area (Å²) in [5.41, 5.74) is 0. The fourth-order valence-corrected chi connectivity index (χ4v) is 3.11. The quantitative estimate of drug-likeness (QED) is 0.288. The zero-order valence-corrected chi connectivity index (χ0v) is 16.4. The first kappa shape index (κ1) is 22.9. The average molecular weight is 376 g/mol. The number of hydrogen-bond donors (Lipinski definition) is 1. The number of carboxylic acids is 1. The molecule has 0 unspecified atom stereocenters. The third kappa shape index (κ3) is 9.92. The first-order valence-electron chi connectivity index (χ1n) is 9.88. The van der Waals surface area contributed by atoms with Crippen LogP contribution in [0.1, 0.15) is 65.2 Å². The van der Waals surface area contributed by atoms with Gasteiger partial charge < -0.3 is 9.84 Å². The van der Waals surface area contributed by atoms with E-state index in [0.717, 1.165) is 25.7 Å². The Hall–Kier alpha value is -2.17. The molecule has 5 heteroatoms. The maximum absolute atomic E-state index is 12.1. The summed E-state index contributed by atoms with van der Waals surface area (Å²) in [7, 11) is 0. The Kier molecular flexibility index (Phi) is 11.1. The van der Waals surface area contributed by atoms with Crippen molar-refractivity contribution in [2.24, 2.45) is 11.8 Å². The average Bonchev–Trinajstić information content (AvgIpc) is 2.95. The Balaban J connectivity index is 2.55. The molecule has 1 rings (SSSR count). The van der Waals surface area contributed by atoms with Gasteiger partial charge in [-0.25, -0.2) is 0 Å². The van der Waals surface area contributed by atoms with Gasteiger partial charge in [0.1, 0.15) is 6.10 Å². The highest BCUT2D eigenvalue weighted by Gasteiger charge is 2.27. The first-order valence-corrected chi connectivity index (χ1v) is 9.88. The smallest absolute Gasteiger partial charge is 0.303 e. The van der Waals surface area contributed by atoms with Gasteiger partial charge in [0.25, 0.3) is 0 Å². The number of allylic oxidation sites excluding steroid dienone is 5. The maximum Gasteiger partial charge on any atom is 0.303 e. The van der Waals surface area contributed by atoms with Crippen molar-refractivity contribution >= 4 is 17.7 Å². The predicted molar refractivity (Wildman–Crippen MR) is 105 cm³/mol. The van der Waals surface area contributed by atoms with Crippen molar-refractivity contribution in [3.8, 4) is 0 Å². The molecule has 1 N–H and O–H groups in total. The van der Waals surface area contributed by atoms with Crippen molar-refractivity contribution in [1.82, 2.24) is 0 Å². The van der Waals surface area contributed by atoms with Gasteiger partial charge in [0.15, 0.2) is 5.78 Å². The molecule has 0 bridgehead atoms. The Morgan fingerprint density at radius 3 is 2.70 bits per heavy atom. The van der Waals surface area contributed by atoms with Gasteiger partial charge in [-0.2, -0.15) is 0 Å². The fourth-order valence-electron chi connectivity index (χ4n) is 3.11. The van der Waals surface area contributed by atoms with E-state index in [1.54, 1.807) is 6.08 Å². The molecule has 0 radical (unpaired) electrons. The van der Waals surface area contributed by atoms with E-state index in [2.05, 4.69) is 6.92 Å². The SMILES string of the molecule is CCCCC[C@@H](/C=C/[C@H]1C=CC(=O)[C@@H]1C/C=C\CCCC(=O)O)OC(C)=O. The largest absolute Gasteiger partial charge is 0.481 e. The van der Waals surface area contributed by atoms with Crippen molar-refractivity contribution < 1.29 is 24.2 Å². The number of ether oxygens (including phenoxy) is 1. The van der Waals surface area contributed by atoms with Gasteiger partial charge in [0.2, 0.25) is 0 Å². The second-order valence-electron chi connectivity index (χ2n) is 6.97. The highest BCUT2D eigenvalue weighted by Crippen LogP contribution is 2.28. The van der Waals surface area contributed by atoms with Gasteiger partial charge in [-0.05, 0) is 44.3 Å². The van der Waals surface area contributed by atoms with E-state index in [1.165, 1.54) is 6.92 Å². The van der Waals surface area contributed by atoms with Gasteiger partial charge in [0.05, 0.1) is 0 Å². The Morgan fingerprint density at radius 2 is 2.04 bits per heavy atom. The second-order valence-corrected chi connectivity index (χ2v) is 6.97. The molecule has 0 spiro atoms. The Morgan fingerprint density at radius 1 is 1.26 bits per heavy atom. The molecule has 0 saturated heterocycles. The number of aliphatic carboxylic acids is 1. The lowest BCUT2D eigenvalue weighted by Gasteiger charge is -2.16. The number of carboxylic acid groups (broad SMARTS) is 1. The number of esters is 1. The molecular formula is C22H32O5. The molecule has 1 aliphatic carbocycles. The number of unbranched alkanes of at least 4 members (excludes halogenated alkanes) is 3. The summed E-state index contributed by atoms with van der Waals surface area (Å²) in [6, 6.07) is 0. The van der Waals surface area contributed by atoms with E-state index in [-0.39, 0.29) is 36.1 Å². The number of hydrogen-bond acceptors (Lipinski definition) is 4. The standard InChI is InChI=1S/C22H32O5/c1-3-4-7-10-19(27-17(2)23)15-13-18-14-16-21(24)20(18)11-8-5-6-9-12-22(25)26/h5,8,13-16,18-20H,3-4,6-7,9-12H2,1-2H3,(H,25,26)/b8-5-,15-13+/t18-,19-,20+/m0/s1. The summed E-state index contributed by atoms with van der Waals surface area (Å²) in [5.74, 6) is -1.10.